The van der Waals surface area contributed by atoms with Crippen molar-refractivity contribution >= 4 is 36.1 Å². The Morgan fingerprint density at radius 3 is 1.05 bits per heavy atom. The van der Waals surface area contributed by atoms with E-state index in [1.807, 2.05) is 27.7 Å². The number of carbonyl (C=O) groups is 6. The standard InChI is InChI=1S/2C15H27NO6/c2*1-9(2)6-12(7-13(17)18)8-16-15(20)22-11(5)21-14(19)10(3)4/h2*9-12H,6-8H2,1-5H3,(H,16,20)(H,17,18)/t2*11-,12+/m11/s1. The summed E-state index contributed by atoms with van der Waals surface area (Å²) in [6, 6.07) is 0. The monoisotopic (exact) mass is 634 g/mol. The highest BCUT2D eigenvalue weighted by Gasteiger charge is 2.21. The van der Waals surface area contributed by atoms with Crippen LogP contribution in [0, 0.1) is 35.5 Å². The first-order chi connectivity index (χ1) is 20.2. The average molecular weight is 635 g/mol. The van der Waals surface area contributed by atoms with E-state index in [0.29, 0.717) is 24.7 Å². The fourth-order valence-electron chi connectivity index (χ4n) is 3.79. The van der Waals surface area contributed by atoms with Gasteiger partial charge in [0.1, 0.15) is 0 Å². The number of aliphatic carboxylic acids is 2. The van der Waals surface area contributed by atoms with Crippen LogP contribution in [0.25, 0.3) is 0 Å². The highest BCUT2D eigenvalue weighted by Crippen LogP contribution is 2.16. The number of amides is 2. The van der Waals surface area contributed by atoms with E-state index in [1.165, 1.54) is 13.8 Å². The van der Waals surface area contributed by atoms with Gasteiger partial charge < -0.3 is 39.8 Å². The van der Waals surface area contributed by atoms with E-state index >= 15 is 0 Å². The maximum absolute atomic E-state index is 11.6. The first-order valence-corrected chi connectivity index (χ1v) is 15.0. The van der Waals surface area contributed by atoms with Gasteiger partial charge >= 0.3 is 36.1 Å². The normalized spacial score (nSPS) is 13.6. The largest absolute Gasteiger partial charge is 0.481 e. The van der Waals surface area contributed by atoms with Gasteiger partial charge in [-0.1, -0.05) is 55.4 Å². The second-order valence-corrected chi connectivity index (χ2v) is 12.1. The third-order valence-electron chi connectivity index (χ3n) is 5.66. The molecule has 0 bridgehead atoms. The predicted octanol–water partition coefficient (Wildman–Crippen LogP) is 4.79. The van der Waals surface area contributed by atoms with E-state index in [1.54, 1.807) is 27.7 Å². The van der Waals surface area contributed by atoms with Gasteiger partial charge in [-0.2, -0.15) is 0 Å². The van der Waals surface area contributed by atoms with Gasteiger partial charge in [0.25, 0.3) is 0 Å². The average Bonchev–Trinajstić information content (AvgIpc) is 2.84. The molecule has 0 aromatic carbocycles. The zero-order valence-corrected chi connectivity index (χ0v) is 27.8. The first-order valence-electron chi connectivity index (χ1n) is 15.0. The fourth-order valence-corrected chi connectivity index (χ4v) is 3.79. The molecule has 0 fully saturated rings. The number of esters is 2. The molecule has 0 radical (unpaired) electrons. The van der Waals surface area contributed by atoms with Crippen LogP contribution in [-0.4, -0.2) is 71.9 Å². The maximum atomic E-state index is 11.6. The molecule has 0 saturated carbocycles. The molecular formula is C30H54N2O12. The van der Waals surface area contributed by atoms with Crippen molar-refractivity contribution in [3.05, 3.63) is 0 Å². The van der Waals surface area contributed by atoms with Crippen LogP contribution < -0.4 is 10.6 Å². The number of carboxylic acids is 2. The Balaban J connectivity index is 0. The summed E-state index contributed by atoms with van der Waals surface area (Å²) in [5.41, 5.74) is 0. The Labute approximate surface area is 260 Å². The molecule has 0 aliphatic rings. The topological polar surface area (TPSA) is 204 Å². The number of alkyl carbamates (subject to hydrolysis) is 2. The minimum atomic E-state index is -0.988. The van der Waals surface area contributed by atoms with E-state index in [9.17, 15) is 28.8 Å². The van der Waals surface area contributed by atoms with Gasteiger partial charge in [0.2, 0.25) is 12.6 Å². The summed E-state index contributed by atoms with van der Waals surface area (Å²) < 4.78 is 19.6. The third-order valence-corrected chi connectivity index (χ3v) is 5.66. The molecular weight excluding hydrogens is 580 g/mol. The zero-order chi connectivity index (χ0) is 34.6. The molecule has 14 nitrogen and oxygen atoms in total. The second kappa shape index (κ2) is 22.9. The van der Waals surface area contributed by atoms with Gasteiger partial charge in [0, 0.05) is 39.8 Å². The van der Waals surface area contributed by atoms with Crippen molar-refractivity contribution < 1.29 is 57.9 Å². The number of hydrogen-bond acceptors (Lipinski definition) is 10. The number of rotatable bonds is 18. The van der Waals surface area contributed by atoms with Crippen molar-refractivity contribution in [3.8, 4) is 0 Å². The highest BCUT2D eigenvalue weighted by atomic mass is 16.7. The molecule has 4 atom stereocenters. The van der Waals surface area contributed by atoms with E-state index in [4.69, 9.17) is 29.2 Å². The molecule has 0 unspecified atom stereocenters. The van der Waals surface area contributed by atoms with Crippen LogP contribution in [0.15, 0.2) is 0 Å². The molecule has 44 heavy (non-hydrogen) atoms. The summed E-state index contributed by atoms with van der Waals surface area (Å²) in [4.78, 5) is 67.5. The fraction of sp³-hybridized carbons (Fsp3) is 0.800. The van der Waals surface area contributed by atoms with E-state index in [-0.39, 0.29) is 49.6 Å². The number of ether oxygens (including phenoxy) is 4. The van der Waals surface area contributed by atoms with Gasteiger partial charge in [-0.05, 0) is 36.5 Å². The summed E-state index contributed by atoms with van der Waals surface area (Å²) in [5, 5.41) is 22.7. The van der Waals surface area contributed by atoms with Crippen molar-refractivity contribution in [3.63, 3.8) is 0 Å². The van der Waals surface area contributed by atoms with Crippen molar-refractivity contribution in [2.24, 2.45) is 35.5 Å². The van der Waals surface area contributed by atoms with Gasteiger partial charge in [-0.15, -0.1) is 0 Å². The zero-order valence-electron chi connectivity index (χ0n) is 27.8. The van der Waals surface area contributed by atoms with Crippen LogP contribution in [0.2, 0.25) is 0 Å². The van der Waals surface area contributed by atoms with Gasteiger partial charge in [0.05, 0.1) is 11.8 Å². The van der Waals surface area contributed by atoms with Crippen molar-refractivity contribution in [1.29, 1.82) is 0 Å². The van der Waals surface area contributed by atoms with Crippen molar-refractivity contribution in [2.45, 2.75) is 108 Å². The smallest absolute Gasteiger partial charge is 0.410 e. The molecule has 0 aliphatic heterocycles. The number of carboxylic acid groups (broad SMARTS) is 2. The molecule has 0 aliphatic carbocycles. The summed E-state index contributed by atoms with van der Waals surface area (Å²) in [7, 11) is 0. The molecule has 4 N–H and O–H groups in total. The first kappa shape index (κ1) is 42.6. The minimum Gasteiger partial charge on any atom is -0.481 e. The molecule has 0 heterocycles. The number of nitrogens with one attached hydrogen (secondary N) is 2. The second-order valence-electron chi connectivity index (χ2n) is 12.1. The molecule has 14 heteroatoms. The van der Waals surface area contributed by atoms with Gasteiger partial charge in [0.15, 0.2) is 0 Å². The van der Waals surface area contributed by atoms with Crippen LogP contribution in [0.1, 0.15) is 94.9 Å². The lowest BCUT2D eigenvalue weighted by atomic mass is 9.94. The van der Waals surface area contributed by atoms with Gasteiger partial charge in [-0.3, -0.25) is 19.2 Å². The Kier molecular flexibility index (Phi) is 22.1. The maximum Gasteiger partial charge on any atom is 0.410 e. The summed E-state index contributed by atoms with van der Waals surface area (Å²) >= 11 is 0. The van der Waals surface area contributed by atoms with Crippen molar-refractivity contribution in [2.75, 3.05) is 13.1 Å². The Morgan fingerprint density at radius 1 is 0.523 bits per heavy atom. The van der Waals surface area contributed by atoms with Crippen LogP contribution in [0.4, 0.5) is 9.59 Å². The summed E-state index contributed by atoms with van der Waals surface area (Å²) in [6.45, 7) is 18.0. The number of hydrogen-bond donors (Lipinski definition) is 4. The third kappa shape index (κ3) is 25.0. The molecule has 0 spiro atoms. The predicted molar refractivity (Wildman–Crippen MR) is 160 cm³/mol. The summed E-state index contributed by atoms with van der Waals surface area (Å²) in [5.74, 6) is -3.01. The lowest BCUT2D eigenvalue weighted by Crippen LogP contribution is -2.34. The molecule has 0 rings (SSSR count). The highest BCUT2D eigenvalue weighted by molar-refractivity contribution is 5.73. The molecule has 0 aromatic heterocycles. The van der Waals surface area contributed by atoms with E-state index < -0.39 is 48.6 Å². The van der Waals surface area contributed by atoms with Crippen molar-refractivity contribution in [1.82, 2.24) is 10.6 Å². The van der Waals surface area contributed by atoms with Crippen LogP contribution >= 0.6 is 0 Å². The molecule has 0 aromatic rings. The van der Waals surface area contributed by atoms with E-state index in [2.05, 4.69) is 10.6 Å². The quantitative estimate of drug-likeness (QED) is 0.119. The van der Waals surface area contributed by atoms with Crippen LogP contribution in [0.5, 0.6) is 0 Å². The van der Waals surface area contributed by atoms with Crippen LogP contribution in [-0.2, 0) is 38.1 Å². The summed E-state index contributed by atoms with van der Waals surface area (Å²) in [6.07, 6.45) is -2.11. The lowest BCUT2D eigenvalue weighted by molar-refractivity contribution is -0.169. The Hall–Kier alpha value is -3.58. The Bertz CT molecular complexity index is 832. The lowest BCUT2D eigenvalue weighted by Gasteiger charge is -2.19. The minimum absolute atomic E-state index is 0.0175. The van der Waals surface area contributed by atoms with Gasteiger partial charge in [-0.25, -0.2) is 9.59 Å². The molecule has 256 valence electrons. The molecule has 0 saturated heterocycles. The Morgan fingerprint density at radius 2 is 0.818 bits per heavy atom. The number of carbonyl (C=O) groups excluding carboxylic acids is 4. The van der Waals surface area contributed by atoms with Crippen LogP contribution in [0.3, 0.4) is 0 Å². The molecule has 2 amide bonds. The SMILES string of the molecule is CC(C)C[C@H](CNC(=O)O[C@H](C)OC(=O)C(C)C)CC(=O)O.CC(C)C[C@H](CNC(=O)O[C@H](C)OC(=O)C(C)C)CC(=O)O. The van der Waals surface area contributed by atoms with E-state index in [0.717, 1.165) is 0 Å².